The molecule has 6 heteroatoms. The van der Waals surface area contributed by atoms with Gasteiger partial charge in [0, 0.05) is 17.0 Å². The predicted molar refractivity (Wildman–Crippen MR) is 121 cm³/mol. The third-order valence-electron chi connectivity index (χ3n) is 5.37. The summed E-state index contributed by atoms with van der Waals surface area (Å²) in [4.78, 5) is 27.1. The maximum atomic E-state index is 13.1. The maximum absolute atomic E-state index is 13.1. The summed E-state index contributed by atoms with van der Waals surface area (Å²) in [5, 5.41) is 20.0. The van der Waals surface area contributed by atoms with Gasteiger partial charge in [-0.05, 0) is 47.2 Å². The number of carbonyl (C=O) groups excluding carboxylic acids is 1. The minimum Gasteiger partial charge on any atom is -0.503 e. The molecule has 0 saturated carbocycles. The molecule has 0 aliphatic carbocycles. The summed E-state index contributed by atoms with van der Waals surface area (Å²) in [5.74, 6) is -1.74. The number of carbonyl (C=O) groups is 2. The van der Waals surface area contributed by atoms with E-state index in [0.29, 0.717) is 12.1 Å². The second-order valence-electron chi connectivity index (χ2n) is 7.24. The van der Waals surface area contributed by atoms with Crippen LogP contribution in [0.3, 0.4) is 0 Å². The molecule has 1 amide bonds. The first-order valence-electron chi connectivity index (χ1n) is 9.75. The van der Waals surface area contributed by atoms with Crippen LogP contribution in [-0.4, -0.2) is 33.2 Å². The van der Waals surface area contributed by atoms with Crippen molar-refractivity contribution in [3.05, 3.63) is 107 Å². The van der Waals surface area contributed by atoms with E-state index in [1.54, 1.807) is 28.8 Å². The quantitative estimate of drug-likeness (QED) is 0.527. The molecule has 4 rings (SSSR count). The Kier molecular flexibility index (Phi) is 5.82. The molecular formula is C25H21NO4S. The highest BCUT2D eigenvalue weighted by Crippen LogP contribution is 2.43. The van der Waals surface area contributed by atoms with E-state index >= 15 is 0 Å². The highest BCUT2D eigenvalue weighted by molar-refractivity contribution is 7.98. The van der Waals surface area contributed by atoms with Crippen LogP contribution in [0, 0.1) is 0 Å². The molecule has 0 aromatic heterocycles. The van der Waals surface area contributed by atoms with Gasteiger partial charge >= 0.3 is 5.97 Å². The number of rotatable bonds is 6. The fourth-order valence-electron chi connectivity index (χ4n) is 3.81. The molecule has 2 N–H and O–H groups in total. The van der Waals surface area contributed by atoms with E-state index in [0.717, 1.165) is 21.6 Å². The molecule has 0 unspecified atom stereocenters. The third kappa shape index (κ3) is 4.07. The Balaban J connectivity index is 1.77. The minimum absolute atomic E-state index is 0.168. The Hall–Kier alpha value is -3.51. The third-order valence-corrected chi connectivity index (χ3v) is 6.12. The first kappa shape index (κ1) is 20.8. The Bertz CT molecular complexity index is 1140. The molecule has 0 bridgehead atoms. The lowest BCUT2D eigenvalue weighted by molar-refractivity contribution is -0.130. The van der Waals surface area contributed by atoms with Crippen molar-refractivity contribution in [1.29, 1.82) is 0 Å². The topological polar surface area (TPSA) is 77.8 Å². The molecule has 156 valence electrons. The van der Waals surface area contributed by atoms with Gasteiger partial charge in [-0.2, -0.15) is 0 Å². The van der Waals surface area contributed by atoms with Crippen molar-refractivity contribution in [1.82, 2.24) is 4.90 Å². The van der Waals surface area contributed by atoms with Crippen LogP contribution in [0.5, 0.6) is 0 Å². The molecule has 1 aliphatic heterocycles. The van der Waals surface area contributed by atoms with Crippen LogP contribution in [-0.2, 0) is 11.3 Å². The Morgan fingerprint density at radius 2 is 1.61 bits per heavy atom. The van der Waals surface area contributed by atoms with E-state index in [1.165, 1.54) is 12.1 Å². The zero-order valence-electron chi connectivity index (χ0n) is 16.9. The molecule has 0 fully saturated rings. The molecule has 0 spiro atoms. The van der Waals surface area contributed by atoms with Crippen LogP contribution in [0.15, 0.2) is 89.5 Å². The lowest BCUT2D eigenvalue weighted by Crippen LogP contribution is -2.29. The number of carboxylic acids is 1. The van der Waals surface area contributed by atoms with Crippen LogP contribution >= 0.6 is 11.8 Å². The van der Waals surface area contributed by atoms with Gasteiger partial charge in [-0.3, -0.25) is 4.79 Å². The van der Waals surface area contributed by atoms with Gasteiger partial charge in [0.15, 0.2) is 5.76 Å². The van der Waals surface area contributed by atoms with Crippen LogP contribution in [0.4, 0.5) is 0 Å². The van der Waals surface area contributed by atoms with E-state index < -0.39 is 17.9 Å². The van der Waals surface area contributed by atoms with Gasteiger partial charge in [-0.25, -0.2) is 4.79 Å². The molecule has 3 aromatic rings. The van der Waals surface area contributed by atoms with Gasteiger partial charge in [0.1, 0.15) is 0 Å². The molecule has 0 saturated heterocycles. The lowest BCUT2D eigenvalue weighted by atomic mass is 9.93. The van der Waals surface area contributed by atoms with E-state index in [1.807, 2.05) is 60.9 Å². The highest BCUT2D eigenvalue weighted by atomic mass is 32.2. The van der Waals surface area contributed by atoms with Crippen molar-refractivity contribution in [2.45, 2.75) is 17.5 Å². The van der Waals surface area contributed by atoms with Crippen molar-refractivity contribution >= 4 is 29.2 Å². The molecule has 3 aromatic carbocycles. The summed E-state index contributed by atoms with van der Waals surface area (Å²) in [6.45, 7) is 0.319. The average molecular weight is 432 g/mol. The number of amides is 1. The predicted octanol–water partition coefficient (Wildman–Crippen LogP) is 5.16. The molecule has 1 heterocycles. The number of aliphatic hydroxyl groups is 1. The molecule has 5 nitrogen and oxygen atoms in total. The number of hydrogen-bond acceptors (Lipinski definition) is 4. The molecule has 1 atom stereocenters. The number of aliphatic hydroxyl groups excluding tert-OH is 1. The first-order valence-corrected chi connectivity index (χ1v) is 11.0. The smallest absolute Gasteiger partial charge is 0.335 e. The van der Waals surface area contributed by atoms with Gasteiger partial charge in [0.25, 0.3) is 5.91 Å². The number of carboxylic acid groups (broad SMARTS) is 1. The minimum atomic E-state index is -1.01. The number of nitrogens with zero attached hydrogens (tertiary/aromatic N) is 1. The second kappa shape index (κ2) is 8.70. The summed E-state index contributed by atoms with van der Waals surface area (Å²) in [6, 6.07) is 23.2. The molecule has 0 radical (unpaired) electrons. The SMILES string of the molecule is CSc1ccc(CN2C(=O)C(O)=C(c3ccccc3)[C@H]2c2ccc(C(=O)O)cc2)cc1. The Morgan fingerprint density at radius 1 is 0.968 bits per heavy atom. The molecular weight excluding hydrogens is 410 g/mol. The van der Waals surface area contributed by atoms with E-state index in [2.05, 4.69) is 0 Å². The van der Waals surface area contributed by atoms with Crippen molar-refractivity contribution in [2.24, 2.45) is 0 Å². The maximum Gasteiger partial charge on any atom is 0.335 e. The fourth-order valence-corrected chi connectivity index (χ4v) is 4.22. The van der Waals surface area contributed by atoms with Gasteiger partial charge in [0.2, 0.25) is 0 Å². The van der Waals surface area contributed by atoms with E-state index in [9.17, 15) is 19.8 Å². The van der Waals surface area contributed by atoms with Crippen molar-refractivity contribution in [3.8, 4) is 0 Å². The van der Waals surface area contributed by atoms with Crippen LogP contribution in [0.1, 0.15) is 33.1 Å². The van der Waals surface area contributed by atoms with Crippen LogP contribution in [0.2, 0.25) is 0 Å². The first-order chi connectivity index (χ1) is 15.0. The number of hydrogen-bond donors (Lipinski definition) is 2. The van der Waals surface area contributed by atoms with Gasteiger partial charge < -0.3 is 15.1 Å². The monoisotopic (exact) mass is 431 g/mol. The average Bonchev–Trinajstić information content (AvgIpc) is 3.05. The summed E-state index contributed by atoms with van der Waals surface area (Å²) in [7, 11) is 0. The number of thioether (sulfide) groups is 1. The molecule has 31 heavy (non-hydrogen) atoms. The van der Waals surface area contributed by atoms with E-state index in [-0.39, 0.29) is 11.3 Å². The van der Waals surface area contributed by atoms with E-state index in [4.69, 9.17) is 0 Å². The van der Waals surface area contributed by atoms with Gasteiger partial charge in [-0.1, -0.05) is 54.6 Å². The van der Waals surface area contributed by atoms with Crippen LogP contribution in [0.25, 0.3) is 5.57 Å². The number of aromatic carboxylic acids is 1. The normalized spacial score (nSPS) is 16.1. The van der Waals surface area contributed by atoms with Crippen molar-refractivity contribution < 1.29 is 19.8 Å². The standard InChI is InChI=1S/C25H21NO4S/c1-31-20-13-7-16(8-14-20)15-26-22(18-9-11-19(12-10-18)25(29)30)21(23(27)24(26)28)17-5-3-2-4-6-17/h2-14,22,27H,15H2,1H3,(H,29,30)/t22-/m1/s1. The summed E-state index contributed by atoms with van der Waals surface area (Å²) < 4.78 is 0. The highest BCUT2D eigenvalue weighted by Gasteiger charge is 2.40. The Morgan fingerprint density at radius 3 is 2.19 bits per heavy atom. The van der Waals surface area contributed by atoms with Crippen LogP contribution < -0.4 is 0 Å². The van der Waals surface area contributed by atoms with Gasteiger partial charge in [-0.15, -0.1) is 11.8 Å². The summed E-state index contributed by atoms with van der Waals surface area (Å²) in [6.07, 6.45) is 2.00. The second-order valence-corrected chi connectivity index (χ2v) is 8.12. The zero-order chi connectivity index (χ0) is 22.0. The molecule has 1 aliphatic rings. The Labute approximate surface area is 184 Å². The number of benzene rings is 3. The largest absolute Gasteiger partial charge is 0.503 e. The van der Waals surface area contributed by atoms with Crippen molar-refractivity contribution in [2.75, 3.05) is 6.26 Å². The fraction of sp³-hybridized carbons (Fsp3) is 0.120. The van der Waals surface area contributed by atoms with Crippen molar-refractivity contribution in [3.63, 3.8) is 0 Å². The van der Waals surface area contributed by atoms with Gasteiger partial charge in [0.05, 0.1) is 11.6 Å². The lowest BCUT2D eigenvalue weighted by Gasteiger charge is -2.27. The summed E-state index contributed by atoms with van der Waals surface area (Å²) in [5.41, 5.74) is 3.12. The zero-order valence-corrected chi connectivity index (χ0v) is 17.7. The summed E-state index contributed by atoms with van der Waals surface area (Å²) >= 11 is 1.64.